The van der Waals surface area contributed by atoms with Crippen molar-refractivity contribution < 1.29 is 4.42 Å². The van der Waals surface area contributed by atoms with E-state index < -0.39 is 6.17 Å². The highest BCUT2D eigenvalue weighted by Crippen LogP contribution is 2.39. The van der Waals surface area contributed by atoms with E-state index in [1.807, 2.05) is 54.6 Å². The highest BCUT2D eigenvalue weighted by molar-refractivity contribution is 6.19. The monoisotopic (exact) mass is 720 g/mol. The summed E-state index contributed by atoms with van der Waals surface area (Å²) < 4.78 is 8.91. The van der Waals surface area contributed by atoms with E-state index in [1.165, 1.54) is 0 Å². The number of amidine groups is 2. The van der Waals surface area contributed by atoms with Gasteiger partial charge in [-0.3, -0.25) is 0 Å². The molecular formula is C49H32N6O. The van der Waals surface area contributed by atoms with Crippen LogP contribution in [0.1, 0.15) is 23.0 Å². The third-order valence-corrected chi connectivity index (χ3v) is 10.5. The summed E-state index contributed by atoms with van der Waals surface area (Å²) in [6, 6.07) is 62.4. The molecule has 3 aromatic heterocycles. The second kappa shape index (κ2) is 13.0. The lowest BCUT2D eigenvalue weighted by Gasteiger charge is -2.23. The fraction of sp³-hybridized carbons (Fsp3) is 0.0204. The first-order valence-electron chi connectivity index (χ1n) is 18.7. The lowest BCUT2D eigenvalue weighted by molar-refractivity contribution is 0.659. The predicted molar refractivity (Wildman–Crippen MR) is 226 cm³/mol. The third kappa shape index (κ3) is 5.28. The number of aromatic nitrogens is 3. The van der Waals surface area contributed by atoms with E-state index in [-0.39, 0.29) is 0 Å². The smallest absolute Gasteiger partial charge is 0.183 e. The minimum Gasteiger partial charge on any atom is -0.452 e. The summed E-state index contributed by atoms with van der Waals surface area (Å²) in [4.78, 5) is 21.2. The van der Waals surface area contributed by atoms with Gasteiger partial charge in [-0.05, 0) is 59.2 Å². The van der Waals surface area contributed by atoms with Gasteiger partial charge >= 0.3 is 0 Å². The summed E-state index contributed by atoms with van der Waals surface area (Å²) in [5.74, 6) is 1.73. The molecule has 56 heavy (non-hydrogen) atoms. The number of fused-ring (bicyclic) bond motifs is 6. The Hall–Kier alpha value is -7.64. The van der Waals surface area contributed by atoms with Crippen LogP contribution in [-0.4, -0.2) is 26.2 Å². The molecule has 1 atom stereocenters. The van der Waals surface area contributed by atoms with E-state index in [9.17, 15) is 0 Å². The molecule has 11 rings (SSSR count). The molecule has 1 N–H and O–H groups in total. The van der Waals surface area contributed by atoms with Gasteiger partial charge in [0.1, 0.15) is 23.1 Å². The van der Waals surface area contributed by atoms with E-state index >= 15 is 0 Å². The second-order valence-corrected chi connectivity index (χ2v) is 13.9. The van der Waals surface area contributed by atoms with Gasteiger partial charge in [-0.2, -0.15) is 0 Å². The van der Waals surface area contributed by atoms with E-state index in [2.05, 4.69) is 137 Å². The van der Waals surface area contributed by atoms with Crippen molar-refractivity contribution in [2.45, 2.75) is 6.17 Å². The number of nitrogens with one attached hydrogen (secondary N) is 1. The van der Waals surface area contributed by atoms with Gasteiger partial charge in [0.15, 0.2) is 22.9 Å². The molecule has 7 heteroatoms. The van der Waals surface area contributed by atoms with Crippen molar-refractivity contribution in [3.05, 3.63) is 199 Å². The first-order valence-corrected chi connectivity index (χ1v) is 18.7. The fourth-order valence-corrected chi connectivity index (χ4v) is 7.91. The Balaban J connectivity index is 1.17. The maximum absolute atomic E-state index is 6.61. The van der Waals surface area contributed by atoms with Crippen LogP contribution < -0.4 is 5.32 Å². The van der Waals surface area contributed by atoms with Crippen LogP contribution >= 0.6 is 0 Å². The van der Waals surface area contributed by atoms with Gasteiger partial charge < -0.3 is 14.3 Å². The fourth-order valence-electron chi connectivity index (χ4n) is 7.91. The van der Waals surface area contributed by atoms with Crippen molar-refractivity contribution in [2.75, 3.05) is 0 Å². The summed E-state index contributed by atoms with van der Waals surface area (Å²) in [6.07, 6.45) is -0.427. The third-order valence-electron chi connectivity index (χ3n) is 10.5. The van der Waals surface area contributed by atoms with Gasteiger partial charge in [0.2, 0.25) is 0 Å². The van der Waals surface area contributed by atoms with Crippen molar-refractivity contribution in [3.63, 3.8) is 0 Å². The maximum Gasteiger partial charge on any atom is 0.183 e. The number of nitrogens with zero attached hydrogens (tertiary/aromatic N) is 5. The van der Waals surface area contributed by atoms with Crippen molar-refractivity contribution >= 4 is 55.5 Å². The molecule has 0 spiro atoms. The second-order valence-electron chi connectivity index (χ2n) is 13.9. The zero-order chi connectivity index (χ0) is 37.0. The number of para-hydroxylation sites is 3. The van der Waals surface area contributed by atoms with Crippen LogP contribution in [0.5, 0.6) is 0 Å². The molecule has 264 valence electrons. The molecule has 0 radical (unpaired) electrons. The van der Waals surface area contributed by atoms with Crippen molar-refractivity contribution in [1.29, 1.82) is 0 Å². The minimum absolute atomic E-state index is 0.427. The van der Waals surface area contributed by atoms with E-state index in [0.717, 1.165) is 66.3 Å². The predicted octanol–water partition coefficient (Wildman–Crippen LogP) is 11.3. The number of hydrogen-bond acceptors (Lipinski definition) is 6. The van der Waals surface area contributed by atoms with Crippen LogP contribution in [0, 0.1) is 0 Å². The average Bonchev–Trinajstić information content (AvgIpc) is 3.83. The molecule has 0 saturated heterocycles. The molecule has 7 aromatic carbocycles. The SMILES string of the molecule is c1ccc(-c2cccc(C3=NC(c4nc(-c5cccc6c5c5ccccc5n6-c5ccccc5)nc5c4oc4ccccc45)=NC(c4ccccc4)N3)c2)cc1. The summed E-state index contributed by atoms with van der Waals surface area (Å²) >= 11 is 0. The summed E-state index contributed by atoms with van der Waals surface area (Å²) in [6.45, 7) is 0. The molecule has 0 aliphatic carbocycles. The van der Waals surface area contributed by atoms with Crippen LogP contribution in [-0.2, 0) is 0 Å². The Labute approximate surface area is 322 Å². The highest BCUT2D eigenvalue weighted by Gasteiger charge is 2.27. The minimum atomic E-state index is -0.427. The van der Waals surface area contributed by atoms with Gasteiger partial charge in [-0.15, -0.1) is 0 Å². The largest absolute Gasteiger partial charge is 0.452 e. The van der Waals surface area contributed by atoms with Gasteiger partial charge in [0.25, 0.3) is 0 Å². The topological polar surface area (TPSA) is 80.6 Å². The zero-order valence-electron chi connectivity index (χ0n) is 30.0. The van der Waals surface area contributed by atoms with Crippen LogP contribution in [0.25, 0.3) is 72.1 Å². The summed E-state index contributed by atoms with van der Waals surface area (Å²) in [5, 5.41) is 6.72. The molecule has 0 amide bonds. The van der Waals surface area contributed by atoms with E-state index in [1.54, 1.807) is 0 Å². The van der Waals surface area contributed by atoms with Gasteiger partial charge in [-0.1, -0.05) is 140 Å². The van der Waals surface area contributed by atoms with E-state index in [0.29, 0.717) is 34.3 Å². The Kier molecular flexibility index (Phi) is 7.41. The molecule has 7 nitrogen and oxygen atoms in total. The van der Waals surface area contributed by atoms with Crippen molar-refractivity contribution in [2.24, 2.45) is 9.98 Å². The average molecular weight is 721 g/mol. The molecule has 1 unspecified atom stereocenters. The first kappa shape index (κ1) is 31.8. The van der Waals surface area contributed by atoms with Gasteiger partial charge in [0, 0.05) is 33.0 Å². The molecule has 0 bridgehead atoms. The summed E-state index contributed by atoms with van der Waals surface area (Å²) in [7, 11) is 0. The lowest BCUT2D eigenvalue weighted by atomic mass is 10.0. The summed E-state index contributed by atoms with van der Waals surface area (Å²) in [5.41, 5.74) is 10.9. The molecule has 0 saturated carbocycles. The highest BCUT2D eigenvalue weighted by atomic mass is 16.3. The van der Waals surface area contributed by atoms with Crippen molar-refractivity contribution in [3.8, 4) is 28.2 Å². The van der Waals surface area contributed by atoms with E-state index in [4.69, 9.17) is 24.4 Å². The molecule has 10 aromatic rings. The van der Waals surface area contributed by atoms with Gasteiger partial charge in [-0.25, -0.2) is 20.0 Å². The molecular weight excluding hydrogens is 689 g/mol. The van der Waals surface area contributed by atoms with Crippen LogP contribution in [0.15, 0.2) is 196 Å². The first-order chi connectivity index (χ1) is 27.8. The van der Waals surface area contributed by atoms with Crippen LogP contribution in [0.4, 0.5) is 0 Å². The number of rotatable bonds is 6. The quantitative estimate of drug-likeness (QED) is 0.185. The molecule has 1 aliphatic rings. The Morgan fingerprint density at radius 3 is 2.05 bits per heavy atom. The molecule has 0 fully saturated rings. The lowest BCUT2D eigenvalue weighted by Crippen LogP contribution is -2.33. The molecule has 4 heterocycles. The van der Waals surface area contributed by atoms with Crippen LogP contribution in [0.3, 0.4) is 0 Å². The number of benzene rings is 7. The Morgan fingerprint density at radius 2 is 1.21 bits per heavy atom. The molecule has 1 aliphatic heterocycles. The maximum atomic E-state index is 6.61. The standard InChI is InChI=1S/C49H32N6O/c1-4-16-31(17-5-1)33-20-14-21-34(30-33)47-52-46(32-18-6-2-7-19-32)53-49(54-47)44-45-43(37-25-11-13-29-41(37)56-45)50-48(51-44)38-26-15-28-40-42(38)36-24-10-12-27-39(36)55(40)35-22-8-3-9-23-35/h1-30,46H,(H,52,53,54). The van der Waals surface area contributed by atoms with Crippen molar-refractivity contribution in [1.82, 2.24) is 19.9 Å². The normalized spacial score (nSPS) is 14.2. The van der Waals surface area contributed by atoms with Gasteiger partial charge in [0.05, 0.1) is 11.0 Å². The number of furan rings is 1. The Bertz CT molecular complexity index is 3160. The van der Waals surface area contributed by atoms with Crippen LogP contribution in [0.2, 0.25) is 0 Å². The number of aliphatic imine (C=N–C) groups is 2. The zero-order valence-corrected chi connectivity index (χ0v) is 30.0. The Morgan fingerprint density at radius 1 is 0.554 bits per heavy atom. The number of hydrogen-bond donors (Lipinski definition) is 1.